The zero-order chi connectivity index (χ0) is 22.3. The van der Waals surface area contributed by atoms with Crippen LogP contribution < -0.4 is 16.1 Å². The van der Waals surface area contributed by atoms with E-state index in [0.29, 0.717) is 17.1 Å². The lowest BCUT2D eigenvalue weighted by Crippen LogP contribution is -2.40. The highest BCUT2D eigenvalue weighted by atomic mass is 16.3. The van der Waals surface area contributed by atoms with E-state index in [4.69, 9.17) is 0 Å². The first-order chi connectivity index (χ1) is 14.8. The van der Waals surface area contributed by atoms with Gasteiger partial charge in [-0.2, -0.15) is 0 Å². The lowest BCUT2D eigenvalue weighted by molar-refractivity contribution is -0.117. The lowest BCUT2D eigenvalue weighted by atomic mass is 9.96. The van der Waals surface area contributed by atoms with E-state index in [1.54, 1.807) is 23.1 Å². The first kappa shape index (κ1) is 20.3. The molecule has 1 aliphatic rings. The van der Waals surface area contributed by atoms with Gasteiger partial charge in [-0.25, -0.2) is 4.79 Å². The number of carbonyl (C=O) groups excluding carboxylic acids is 1. The highest BCUT2D eigenvalue weighted by Crippen LogP contribution is 2.40. The number of rotatable bonds is 2. The molecule has 1 atom stereocenters. The summed E-state index contributed by atoms with van der Waals surface area (Å²) in [6.07, 6.45) is 0.180. The molecule has 0 saturated heterocycles. The number of aromatic hydroxyl groups is 1. The van der Waals surface area contributed by atoms with Crippen LogP contribution in [0.3, 0.4) is 0 Å². The van der Waals surface area contributed by atoms with Crippen molar-refractivity contribution in [2.24, 2.45) is 19.1 Å². The minimum atomic E-state index is -0.639. The zero-order valence-corrected chi connectivity index (χ0v) is 17.4. The molecule has 0 spiro atoms. The minimum Gasteiger partial charge on any atom is -0.494 e. The highest BCUT2D eigenvalue weighted by molar-refractivity contribution is 6.08. The van der Waals surface area contributed by atoms with Crippen molar-refractivity contribution in [3.63, 3.8) is 0 Å². The second-order valence-corrected chi connectivity index (χ2v) is 7.47. The molecule has 0 radical (unpaired) electrons. The van der Waals surface area contributed by atoms with Crippen LogP contribution in [0.5, 0.6) is 5.88 Å². The molecule has 0 fully saturated rings. The number of amides is 1. The van der Waals surface area contributed by atoms with Crippen LogP contribution in [0.2, 0.25) is 0 Å². The fourth-order valence-corrected chi connectivity index (χ4v) is 3.97. The number of aliphatic imine (C=N–C) groups is 1. The number of aromatic nitrogens is 2. The Kier molecular flexibility index (Phi) is 5.06. The molecule has 0 aliphatic carbocycles. The third-order valence-electron chi connectivity index (χ3n) is 5.54. The van der Waals surface area contributed by atoms with Crippen LogP contribution in [0.4, 0.5) is 11.4 Å². The summed E-state index contributed by atoms with van der Waals surface area (Å²) in [5.41, 5.74) is 0.958. The summed E-state index contributed by atoms with van der Waals surface area (Å²) < 4.78 is 1.95. The number of para-hydroxylation sites is 2. The Hall–Kier alpha value is -3.94. The van der Waals surface area contributed by atoms with Gasteiger partial charge in [0.25, 0.3) is 5.56 Å². The van der Waals surface area contributed by atoms with Gasteiger partial charge in [-0.15, -0.1) is 0 Å². The molecule has 1 aliphatic heterocycles. The van der Waals surface area contributed by atoms with Crippen LogP contribution in [0.15, 0.2) is 69.2 Å². The van der Waals surface area contributed by atoms with E-state index in [0.717, 1.165) is 14.7 Å². The maximum atomic E-state index is 13.0. The van der Waals surface area contributed by atoms with E-state index in [2.05, 4.69) is 4.99 Å². The van der Waals surface area contributed by atoms with E-state index < -0.39 is 23.2 Å². The van der Waals surface area contributed by atoms with Crippen molar-refractivity contribution in [3.8, 4) is 5.88 Å². The average molecular weight is 418 g/mol. The molecular weight excluding hydrogens is 396 g/mol. The van der Waals surface area contributed by atoms with Gasteiger partial charge < -0.3 is 10.0 Å². The number of hydrogen-bond acceptors (Lipinski definition) is 5. The Bertz CT molecular complexity index is 1320. The first-order valence-electron chi connectivity index (χ1n) is 9.82. The molecule has 8 nitrogen and oxygen atoms in total. The fraction of sp³-hybridized carbons (Fsp3) is 0.217. The molecule has 1 N–H and O–H groups in total. The van der Waals surface area contributed by atoms with Crippen LogP contribution in [0.1, 0.15) is 30.5 Å². The minimum absolute atomic E-state index is 0.0502. The van der Waals surface area contributed by atoms with Crippen molar-refractivity contribution in [2.75, 3.05) is 4.90 Å². The molecule has 0 unspecified atom stereocenters. The topological polar surface area (TPSA) is 96.9 Å². The SMILES string of the molecule is CC(=O)N1c2ccccc2N=C(c2c(O)n(C)c(=O)n(C)c2=O)C[C@@H]1c1ccccc1. The quantitative estimate of drug-likeness (QED) is 0.691. The van der Waals surface area contributed by atoms with E-state index in [1.165, 1.54) is 21.0 Å². The van der Waals surface area contributed by atoms with Crippen LogP contribution in [-0.2, 0) is 18.9 Å². The van der Waals surface area contributed by atoms with Gasteiger partial charge in [0, 0.05) is 27.4 Å². The number of anilines is 1. The van der Waals surface area contributed by atoms with Gasteiger partial charge in [0.15, 0.2) is 0 Å². The van der Waals surface area contributed by atoms with Crippen molar-refractivity contribution in [1.29, 1.82) is 0 Å². The third kappa shape index (κ3) is 3.35. The van der Waals surface area contributed by atoms with Crippen molar-refractivity contribution in [3.05, 3.63) is 86.6 Å². The molecule has 31 heavy (non-hydrogen) atoms. The Labute approximate surface area is 178 Å². The summed E-state index contributed by atoms with van der Waals surface area (Å²) in [6.45, 7) is 1.49. The van der Waals surface area contributed by atoms with Gasteiger partial charge in [0.05, 0.1) is 23.1 Å². The number of hydrogen-bond donors (Lipinski definition) is 1. The van der Waals surface area contributed by atoms with Crippen molar-refractivity contribution in [2.45, 2.75) is 19.4 Å². The maximum Gasteiger partial charge on any atom is 0.333 e. The molecular formula is C23H22N4O4. The predicted molar refractivity (Wildman–Crippen MR) is 118 cm³/mol. The Morgan fingerprint density at radius 3 is 2.32 bits per heavy atom. The van der Waals surface area contributed by atoms with Crippen molar-refractivity contribution >= 4 is 23.0 Å². The summed E-state index contributed by atoms with van der Waals surface area (Å²) in [5, 5.41) is 10.7. The summed E-state index contributed by atoms with van der Waals surface area (Å²) in [5.74, 6) is -0.622. The number of fused-ring (bicyclic) bond motifs is 1. The molecule has 158 valence electrons. The van der Waals surface area contributed by atoms with Crippen molar-refractivity contribution in [1.82, 2.24) is 9.13 Å². The smallest absolute Gasteiger partial charge is 0.333 e. The van der Waals surface area contributed by atoms with Crippen LogP contribution >= 0.6 is 0 Å². The van der Waals surface area contributed by atoms with Gasteiger partial charge in [0.2, 0.25) is 11.8 Å². The summed E-state index contributed by atoms with van der Waals surface area (Å²) in [6, 6.07) is 16.2. The Morgan fingerprint density at radius 2 is 1.65 bits per heavy atom. The zero-order valence-electron chi connectivity index (χ0n) is 17.4. The molecule has 2 aromatic carbocycles. The first-order valence-corrected chi connectivity index (χ1v) is 9.82. The van der Waals surface area contributed by atoms with Gasteiger partial charge in [-0.1, -0.05) is 42.5 Å². The molecule has 1 amide bonds. The monoisotopic (exact) mass is 418 g/mol. The van der Waals surface area contributed by atoms with Gasteiger partial charge in [-0.05, 0) is 17.7 Å². The molecule has 8 heteroatoms. The summed E-state index contributed by atoms with van der Waals surface area (Å²) >= 11 is 0. The fourth-order valence-electron chi connectivity index (χ4n) is 3.97. The molecule has 0 saturated carbocycles. The van der Waals surface area contributed by atoms with Crippen LogP contribution in [-0.4, -0.2) is 25.9 Å². The number of benzene rings is 2. The molecule has 2 heterocycles. The Morgan fingerprint density at radius 1 is 1.00 bits per heavy atom. The predicted octanol–water partition coefficient (Wildman–Crippen LogP) is 2.41. The standard InChI is InChI=1S/C23H22N4O4/c1-14(28)27-18-12-8-7-11-16(18)24-17(13-19(27)15-9-5-4-6-10-15)20-21(29)25(2)23(31)26(3)22(20)30/h4-12,19,29H,13H2,1-3H3/t19-/m1/s1. The second-order valence-electron chi connectivity index (χ2n) is 7.47. The van der Waals surface area contributed by atoms with Gasteiger partial charge in [0.1, 0.15) is 5.56 Å². The molecule has 1 aromatic heterocycles. The van der Waals surface area contributed by atoms with E-state index in [9.17, 15) is 19.5 Å². The van der Waals surface area contributed by atoms with Gasteiger partial charge in [-0.3, -0.25) is 23.7 Å². The van der Waals surface area contributed by atoms with E-state index in [-0.39, 0.29) is 17.9 Å². The Balaban J connectivity index is 2.03. The van der Waals surface area contributed by atoms with Crippen LogP contribution in [0, 0.1) is 0 Å². The highest BCUT2D eigenvalue weighted by Gasteiger charge is 2.33. The largest absolute Gasteiger partial charge is 0.494 e. The van der Waals surface area contributed by atoms with Gasteiger partial charge >= 0.3 is 5.69 Å². The van der Waals surface area contributed by atoms with E-state index >= 15 is 0 Å². The molecule has 3 aromatic rings. The normalized spacial score (nSPS) is 15.8. The second kappa shape index (κ2) is 7.71. The lowest BCUT2D eigenvalue weighted by Gasteiger charge is -2.30. The van der Waals surface area contributed by atoms with Crippen LogP contribution in [0.25, 0.3) is 0 Å². The average Bonchev–Trinajstić information content (AvgIpc) is 2.94. The summed E-state index contributed by atoms with van der Waals surface area (Å²) in [7, 11) is 2.75. The molecule has 0 bridgehead atoms. The maximum absolute atomic E-state index is 13.0. The number of nitrogens with zero attached hydrogens (tertiary/aromatic N) is 4. The molecule has 4 rings (SSSR count). The number of carbonyl (C=O) groups is 1. The third-order valence-corrected chi connectivity index (χ3v) is 5.54. The van der Waals surface area contributed by atoms with E-state index in [1.807, 2.05) is 36.4 Å². The van der Waals surface area contributed by atoms with Crippen molar-refractivity contribution < 1.29 is 9.90 Å². The summed E-state index contributed by atoms with van der Waals surface area (Å²) in [4.78, 5) is 44.3.